The Morgan fingerprint density at radius 2 is 1.83 bits per heavy atom. The van der Waals surface area contributed by atoms with Crippen LogP contribution in [0, 0.1) is 26.7 Å². The zero-order chi connectivity index (χ0) is 18.0. The lowest BCUT2D eigenvalue weighted by molar-refractivity contribution is 0.0721. The molecule has 0 spiro atoms. The molecule has 1 aromatic carbocycles. The molecule has 1 atom stereocenters. The van der Waals surface area contributed by atoms with E-state index in [1.807, 2.05) is 33.0 Å². The van der Waals surface area contributed by atoms with Crippen LogP contribution >= 0.6 is 0 Å². The third kappa shape index (κ3) is 3.83. The average molecular weight is 328 g/mol. The Kier molecular flexibility index (Phi) is 5.42. The van der Waals surface area contributed by atoms with Gasteiger partial charge >= 0.3 is 0 Å². The molecule has 0 radical (unpaired) electrons. The first kappa shape index (κ1) is 18.2. The first-order chi connectivity index (χ1) is 11.2. The lowest BCUT2D eigenvalue weighted by Gasteiger charge is -2.25. The summed E-state index contributed by atoms with van der Waals surface area (Å²) < 4.78 is 0. The van der Waals surface area contributed by atoms with Gasteiger partial charge in [0.25, 0.3) is 5.91 Å². The summed E-state index contributed by atoms with van der Waals surface area (Å²) in [7, 11) is 1.84. The summed E-state index contributed by atoms with van der Waals surface area (Å²) >= 11 is 0. The minimum absolute atomic E-state index is 0.0725. The molecular formula is C19H28N4O. The molecular weight excluding hydrogens is 300 g/mol. The van der Waals surface area contributed by atoms with Crippen LogP contribution in [0.1, 0.15) is 54.5 Å². The van der Waals surface area contributed by atoms with Crippen molar-refractivity contribution < 1.29 is 4.79 Å². The van der Waals surface area contributed by atoms with Gasteiger partial charge in [-0.3, -0.25) is 4.79 Å². The van der Waals surface area contributed by atoms with Crippen molar-refractivity contribution in [2.45, 2.75) is 54.0 Å². The molecule has 0 aliphatic rings. The Morgan fingerprint density at radius 1 is 1.17 bits per heavy atom. The fourth-order valence-corrected chi connectivity index (χ4v) is 2.92. The maximum Gasteiger partial charge on any atom is 0.276 e. The van der Waals surface area contributed by atoms with Gasteiger partial charge in [0.1, 0.15) is 0 Å². The van der Waals surface area contributed by atoms with Crippen molar-refractivity contribution in [3.8, 4) is 5.69 Å². The quantitative estimate of drug-likeness (QED) is 0.841. The van der Waals surface area contributed by atoms with Crippen LogP contribution in [0.5, 0.6) is 0 Å². The first-order valence-electron chi connectivity index (χ1n) is 8.49. The molecule has 24 heavy (non-hydrogen) atoms. The van der Waals surface area contributed by atoms with Crippen LogP contribution in [-0.2, 0) is 0 Å². The molecule has 2 rings (SSSR count). The molecule has 130 valence electrons. The van der Waals surface area contributed by atoms with Gasteiger partial charge in [-0.25, -0.2) is 0 Å². The smallest absolute Gasteiger partial charge is 0.276 e. The molecule has 2 aromatic rings. The highest BCUT2D eigenvalue weighted by molar-refractivity contribution is 5.93. The number of nitrogens with zero attached hydrogens (tertiary/aromatic N) is 4. The summed E-state index contributed by atoms with van der Waals surface area (Å²) in [5, 5.41) is 8.92. The van der Waals surface area contributed by atoms with E-state index in [4.69, 9.17) is 0 Å². The van der Waals surface area contributed by atoms with Gasteiger partial charge in [0.2, 0.25) is 0 Å². The third-order valence-electron chi connectivity index (χ3n) is 4.35. The van der Waals surface area contributed by atoms with Crippen molar-refractivity contribution in [3.63, 3.8) is 0 Å². The number of benzene rings is 1. The Balaban J connectivity index is 2.29. The van der Waals surface area contributed by atoms with E-state index < -0.39 is 0 Å². The summed E-state index contributed by atoms with van der Waals surface area (Å²) in [6, 6.07) is 6.28. The van der Waals surface area contributed by atoms with Crippen molar-refractivity contribution >= 4 is 5.91 Å². The molecule has 0 saturated heterocycles. The molecule has 0 fully saturated rings. The van der Waals surface area contributed by atoms with Crippen molar-refractivity contribution in [1.29, 1.82) is 0 Å². The number of hydrogen-bond donors (Lipinski definition) is 0. The highest BCUT2D eigenvalue weighted by atomic mass is 16.2. The van der Waals surface area contributed by atoms with Crippen LogP contribution in [-0.4, -0.2) is 38.9 Å². The standard InChI is InChI=1S/C19H28N4O/c1-12(2)10-15(5)22(7)19(24)18-16(6)20-23(21-18)17-9-8-13(3)11-14(17)4/h8-9,11-12,15H,10H2,1-7H3. The molecule has 1 unspecified atom stereocenters. The number of aryl methyl sites for hydroxylation is 3. The molecule has 1 heterocycles. The summed E-state index contributed by atoms with van der Waals surface area (Å²) in [6.45, 7) is 12.3. The van der Waals surface area contributed by atoms with Crippen LogP contribution in [0.3, 0.4) is 0 Å². The largest absolute Gasteiger partial charge is 0.338 e. The highest BCUT2D eigenvalue weighted by Crippen LogP contribution is 2.17. The average Bonchev–Trinajstić information content (AvgIpc) is 2.86. The number of amides is 1. The van der Waals surface area contributed by atoms with Gasteiger partial charge in [-0.2, -0.15) is 9.90 Å². The van der Waals surface area contributed by atoms with Crippen molar-refractivity contribution in [2.24, 2.45) is 5.92 Å². The summed E-state index contributed by atoms with van der Waals surface area (Å²) in [5.41, 5.74) is 4.27. The fraction of sp³-hybridized carbons (Fsp3) is 0.526. The second kappa shape index (κ2) is 7.16. The molecule has 0 N–H and O–H groups in total. The van der Waals surface area contributed by atoms with Gasteiger partial charge in [0, 0.05) is 13.1 Å². The maximum atomic E-state index is 12.8. The van der Waals surface area contributed by atoms with Gasteiger partial charge in [-0.1, -0.05) is 31.5 Å². The van der Waals surface area contributed by atoms with Crippen LogP contribution in [0.2, 0.25) is 0 Å². The molecule has 0 bridgehead atoms. The van der Waals surface area contributed by atoms with Gasteiger partial charge in [0.05, 0.1) is 11.4 Å². The van der Waals surface area contributed by atoms with Gasteiger partial charge < -0.3 is 4.90 Å². The van der Waals surface area contributed by atoms with Gasteiger partial charge in [-0.15, -0.1) is 5.10 Å². The monoisotopic (exact) mass is 328 g/mol. The minimum atomic E-state index is -0.0725. The van der Waals surface area contributed by atoms with E-state index in [0.29, 0.717) is 17.3 Å². The molecule has 0 aliphatic heterocycles. The Hall–Kier alpha value is -2.17. The van der Waals surface area contributed by atoms with E-state index >= 15 is 0 Å². The van der Waals surface area contributed by atoms with E-state index in [0.717, 1.165) is 17.7 Å². The van der Waals surface area contributed by atoms with E-state index in [1.165, 1.54) is 5.56 Å². The summed E-state index contributed by atoms with van der Waals surface area (Å²) in [5.74, 6) is 0.471. The van der Waals surface area contributed by atoms with Crippen molar-refractivity contribution in [3.05, 3.63) is 40.7 Å². The van der Waals surface area contributed by atoms with Crippen LogP contribution in [0.4, 0.5) is 0 Å². The zero-order valence-corrected chi connectivity index (χ0v) is 15.8. The van der Waals surface area contributed by atoms with Gasteiger partial charge in [0.15, 0.2) is 5.69 Å². The van der Waals surface area contributed by atoms with E-state index in [9.17, 15) is 4.79 Å². The molecule has 0 saturated carbocycles. The number of carbonyl (C=O) groups excluding carboxylic acids is 1. The zero-order valence-electron chi connectivity index (χ0n) is 15.8. The number of aromatic nitrogens is 3. The van der Waals surface area contributed by atoms with E-state index in [-0.39, 0.29) is 11.9 Å². The number of rotatable bonds is 5. The number of hydrogen-bond acceptors (Lipinski definition) is 3. The topological polar surface area (TPSA) is 51.0 Å². The maximum absolute atomic E-state index is 12.8. The lowest BCUT2D eigenvalue weighted by Crippen LogP contribution is -2.36. The predicted octanol–water partition coefficient (Wildman–Crippen LogP) is 3.70. The molecule has 1 amide bonds. The van der Waals surface area contributed by atoms with E-state index in [1.54, 1.807) is 9.70 Å². The molecule has 5 heteroatoms. The Bertz CT molecular complexity index is 733. The minimum Gasteiger partial charge on any atom is -0.338 e. The van der Waals surface area contributed by atoms with Gasteiger partial charge in [-0.05, 0) is 51.7 Å². The van der Waals surface area contributed by atoms with Crippen molar-refractivity contribution in [1.82, 2.24) is 19.9 Å². The number of carbonyl (C=O) groups is 1. The Morgan fingerprint density at radius 3 is 2.42 bits per heavy atom. The fourth-order valence-electron chi connectivity index (χ4n) is 2.92. The first-order valence-corrected chi connectivity index (χ1v) is 8.49. The predicted molar refractivity (Wildman–Crippen MR) is 96.6 cm³/mol. The van der Waals surface area contributed by atoms with E-state index in [2.05, 4.69) is 44.0 Å². The normalized spacial score (nSPS) is 12.5. The lowest BCUT2D eigenvalue weighted by atomic mass is 10.0. The van der Waals surface area contributed by atoms with Crippen LogP contribution in [0.15, 0.2) is 18.2 Å². The summed E-state index contributed by atoms with van der Waals surface area (Å²) in [4.78, 5) is 16.1. The second-order valence-corrected chi connectivity index (χ2v) is 7.11. The Labute approximate surface area is 144 Å². The molecule has 5 nitrogen and oxygen atoms in total. The molecule has 1 aromatic heterocycles. The third-order valence-corrected chi connectivity index (χ3v) is 4.35. The summed E-state index contributed by atoms with van der Waals surface area (Å²) in [6.07, 6.45) is 0.965. The SMILES string of the molecule is Cc1ccc(-n2nc(C)c(C(=O)N(C)C(C)CC(C)C)n2)c(C)c1. The second-order valence-electron chi connectivity index (χ2n) is 7.11. The van der Waals surface area contributed by atoms with Crippen LogP contribution in [0.25, 0.3) is 5.69 Å². The molecule has 0 aliphatic carbocycles. The van der Waals surface area contributed by atoms with Crippen LogP contribution < -0.4 is 0 Å². The van der Waals surface area contributed by atoms with Crippen molar-refractivity contribution in [2.75, 3.05) is 7.05 Å². The highest BCUT2D eigenvalue weighted by Gasteiger charge is 2.24.